The summed E-state index contributed by atoms with van der Waals surface area (Å²) in [7, 11) is 0. The van der Waals surface area contributed by atoms with Crippen LogP contribution in [0.2, 0.25) is 0 Å². The molecule has 0 fully saturated rings. The van der Waals surface area contributed by atoms with Crippen molar-refractivity contribution in [1.82, 2.24) is 14.5 Å². The minimum absolute atomic E-state index is 0.0788. The van der Waals surface area contributed by atoms with Gasteiger partial charge in [-0.25, -0.2) is 9.97 Å². The first-order valence-corrected chi connectivity index (χ1v) is 7.01. The Labute approximate surface area is 128 Å². The van der Waals surface area contributed by atoms with Crippen LogP contribution in [0.5, 0.6) is 0 Å². The second kappa shape index (κ2) is 6.22. The molecule has 0 aliphatic carbocycles. The van der Waals surface area contributed by atoms with Crippen LogP contribution in [0, 0.1) is 6.92 Å². The van der Waals surface area contributed by atoms with E-state index in [-0.39, 0.29) is 5.91 Å². The van der Waals surface area contributed by atoms with Crippen molar-refractivity contribution < 1.29 is 4.79 Å². The number of carbonyl (C=O) groups excluding carboxylic acids is 1. The molecule has 1 amide bonds. The topological polar surface area (TPSA) is 59.8 Å². The van der Waals surface area contributed by atoms with Crippen molar-refractivity contribution in [3.05, 3.63) is 72.4 Å². The Morgan fingerprint density at radius 3 is 2.59 bits per heavy atom. The number of amides is 1. The molecule has 0 aliphatic rings. The molecule has 0 aliphatic heterocycles. The summed E-state index contributed by atoms with van der Waals surface area (Å²) in [5.41, 5.74) is 2.83. The van der Waals surface area contributed by atoms with Gasteiger partial charge in [0.15, 0.2) is 0 Å². The van der Waals surface area contributed by atoms with Crippen LogP contribution in [-0.4, -0.2) is 20.4 Å². The Hall–Kier alpha value is -2.95. The lowest BCUT2D eigenvalue weighted by Crippen LogP contribution is -2.15. The number of aryl methyl sites for hydroxylation is 1. The summed E-state index contributed by atoms with van der Waals surface area (Å²) >= 11 is 0. The zero-order valence-corrected chi connectivity index (χ0v) is 12.2. The summed E-state index contributed by atoms with van der Waals surface area (Å²) in [5.74, 6) is 0.464. The maximum Gasteiger partial charge on any atom is 0.229 e. The molecule has 5 heteroatoms. The molecule has 0 unspecified atom stereocenters. The van der Waals surface area contributed by atoms with Gasteiger partial charge in [0.25, 0.3) is 0 Å². The van der Waals surface area contributed by atoms with E-state index in [0.717, 1.165) is 16.9 Å². The average Bonchev–Trinajstić information content (AvgIpc) is 2.95. The summed E-state index contributed by atoms with van der Waals surface area (Å²) in [6, 6.07) is 13.3. The summed E-state index contributed by atoms with van der Waals surface area (Å²) in [4.78, 5) is 20.4. The molecule has 3 aromatic rings. The van der Waals surface area contributed by atoms with Gasteiger partial charge in [0.2, 0.25) is 5.91 Å². The van der Waals surface area contributed by atoms with Crippen molar-refractivity contribution in [2.24, 2.45) is 0 Å². The molecule has 110 valence electrons. The summed E-state index contributed by atoms with van der Waals surface area (Å²) < 4.78 is 1.89. The number of hydrogen-bond donors (Lipinski definition) is 1. The van der Waals surface area contributed by atoms with E-state index in [4.69, 9.17) is 0 Å². The van der Waals surface area contributed by atoms with Crippen LogP contribution in [0.15, 0.2) is 61.2 Å². The molecule has 0 bridgehead atoms. The monoisotopic (exact) mass is 292 g/mol. The van der Waals surface area contributed by atoms with Crippen molar-refractivity contribution in [3.8, 4) is 5.69 Å². The molecule has 0 atom stereocenters. The fourth-order valence-corrected chi connectivity index (χ4v) is 2.14. The van der Waals surface area contributed by atoms with Crippen LogP contribution in [-0.2, 0) is 11.2 Å². The van der Waals surface area contributed by atoms with E-state index in [2.05, 4.69) is 15.3 Å². The highest BCUT2D eigenvalue weighted by atomic mass is 16.1. The lowest BCUT2D eigenvalue weighted by molar-refractivity contribution is -0.115. The van der Waals surface area contributed by atoms with E-state index in [0.29, 0.717) is 12.2 Å². The summed E-state index contributed by atoms with van der Waals surface area (Å²) in [5, 5.41) is 2.80. The predicted octanol–water partition coefficient (Wildman–Crippen LogP) is 2.76. The van der Waals surface area contributed by atoms with Gasteiger partial charge >= 0.3 is 0 Å². The number of hydrogen-bond acceptors (Lipinski definition) is 3. The largest absolute Gasteiger partial charge is 0.310 e. The van der Waals surface area contributed by atoms with E-state index in [1.807, 2.05) is 54.1 Å². The van der Waals surface area contributed by atoms with E-state index in [1.165, 1.54) is 0 Å². The number of nitrogens with zero attached hydrogens (tertiary/aromatic N) is 3. The standard InChI is InChI=1S/C17H16N4O/c1-13-11-21(12-19-13)15-7-8-16(18-10-15)20-17(22)9-14-5-3-2-4-6-14/h2-8,10-12H,9H2,1H3,(H,18,20,22). The Kier molecular flexibility index (Phi) is 3.96. The van der Waals surface area contributed by atoms with Crippen molar-refractivity contribution in [1.29, 1.82) is 0 Å². The van der Waals surface area contributed by atoms with Gasteiger partial charge in [-0.1, -0.05) is 30.3 Å². The second-order valence-corrected chi connectivity index (χ2v) is 5.03. The van der Waals surface area contributed by atoms with Gasteiger partial charge < -0.3 is 9.88 Å². The highest BCUT2D eigenvalue weighted by Crippen LogP contribution is 2.11. The third kappa shape index (κ3) is 3.38. The van der Waals surface area contributed by atoms with Gasteiger partial charge in [-0.2, -0.15) is 0 Å². The van der Waals surface area contributed by atoms with Crippen LogP contribution >= 0.6 is 0 Å². The van der Waals surface area contributed by atoms with Gasteiger partial charge in [0, 0.05) is 6.20 Å². The molecule has 1 N–H and O–H groups in total. The summed E-state index contributed by atoms with van der Waals surface area (Å²) in [6.07, 6.45) is 5.70. The Morgan fingerprint density at radius 2 is 1.95 bits per heavy atom. The number of anilines is 1. The van der Waals surface area contributed by atoms with Crippen molar-refractivity contribution >= 4 is 11.7 Å². The van der Waals surface area contributed by atoms with Crippen LogP contribution in [0.1, 0.15) is 11.3 Å². The van der Waals surface area contributed by atoms with Gasteiger partial charge in [0.05, 0.1) is 30.3 Å². The molecular formula is C17H16N4O. The molecule has 0 saturated heterocycles. The first-order chi connectivity index (χ1) is 10.7. The van der Waals surface area contributed by atoms with Gasteiger partial charge in [-0.05, 0) is 24.6 Å². The Bertz CT molecular complexity index is 763. The van der Waals surface area contributed by atoms with Crippen LogP contribution < -0.4 is 5.32 Å². The number of imidazole rings is 1. The maximum atomic E-state index is 12.0. The van der Waals surface area contributed by atoms with E-state index < -0.39 is 0 Å². The smallest absolute Gasteiger partial charge is 0.229 e. The van der Waals surface area contributed by atoms with Crippen LogP contribution in [0.25, 0.3) is 5.69 Å². The van der Waals surface area contributed by atoms with Crippen molar-refractivity contribution in [2.45, 2.75) is 13.3 Å². The molecule has 5 nitrogen and oxygen atoms in total. The zero-order chi connectivity index (χ0) is 15.4. The Morgan fingerprint density at radius 1 is 1.14 bits per heavy atom. The number of rotatable bonds is 4. The molecule has 2 heterocycles. The number of benzene rings is 1. The average molecular weight is 292 g/mol. The fourth-order valence-electron chi connectivity index (χ4n) is 2.14. The maximum absolute atomic E-state index is 12.0. The van der Waals surface area contributed by atoms with Gasteiger partial charge in [-0.15, -0.1) is 0 Å². The van der Waals surface area contributed by atoms with E-state index in [9.17, 15) is 4.79 Å². The normalized spacial score (nSPS) is 10.4. The molecule has 2 aromatic heterocycles. The zero-order valence-electron chi connectivity index (χ0n) is 12.2. The summed E-state index contributed by atoms with van der Waals surface area (Å²) in [6.45, 7) is 1.93. The number of aromatic nitrogens is 3. The first-order valence-electron chi connectivity index (χ1n) is 7.01. The quantitative estimate of drug-likeness (QED) is 0.804. The van der Waals surface area contributed by atoms with Gasteiger partial charge in [0.1, 0.15) is 5.82 Å². The van der Waals surface area contributed by atoms with Gasteiger partial charge in [-0.3, -0.25) is 4.79 Å². The predicted molar refractivity (Wildman–Crippen MR) is 84.9 cm³/mol. The highest BCUT2D eigenvalue weighted by Gasteiger charge is 2.05. The minimum Gasteiger partial charge on any atom is -0.310 e. The molecule has 0 saturated carbocycles. The molecule has 3 rings (SSSR count). The number of carbonyl (C=O) groups is 1. The van der Waals surface area contributed by atoms with E-state index in [1.54, 1.807) is 18.6 Å². The van der Waals surface area contributed by atoms with Crippen molar-refractivity contribution in [3.63, 3.8) is 0 Å². The highest BCUT2D eigenvalue weighted by molar-refractivity contribution is 5.91. The number of pyridine rings is 1. The van der Waals surface area contributed by atoms with Crippen LogP contribution in [0.3, 0.4) is 0 Å². The minimum atomic E-state index is -0.0788. The molecule has 1 aromatic carbocycles. The molecule has 0 radical (unpaired) electrons. The Balaban J connectivity index is 1.65. The molecular weight excluding hydrogens is 276 g/mol. The molecule has 22 heavy (non-hydrogen) atoms. The fraction of sp³-hybridized carbons (Fsp3) is 0.118. The molecule has 0 spiro atoms. The SMILES string of the molecule is Cc1cn(-c2ccc(NC(=O)Cc3ccccc3)nc2)cn1. The first kappa shape index (κ1) is 14.0. The van der Waals surface area contributed by atoms with Crippen molar-refractivity contribution in [2.75, 3.05) is 5.32 Å². The number of nitrogens with one attached hydrogen (secondary N) is 1. The second-order valence-electron chi connectivity index (χ2n) is 5.03. The third-order valence-corrected chi connectivity index (χ3v) is 3.23. The third-order valence-electron chi connectivity index (χ3n) is 3.23. The van der Waals surface area contributed by atoms with E-state index >= 15 is 0 Å². The lowest BCUT2D eigenvalue weighted by atomic mass is 10.1. The lowest BCUT2D eigenvalue weighted by Gasteiger charge is -2.06. The van der Waals surface area contributed by atoms with Crippen LogP contribution in [0.4, 0.5) is 5.82 Å².